The summed E-state index contributed by atoms with van der Waals surface area (Å²) < 4.78 is 15.3. The third kappa shape index (κ3) is 1.62. The molecule has 0 unspecified atom stereocenters. The molecule has 1 aromatic carbocycles. The van der Waals surface area contributed by atoms with E-state index in [9.17, 15) is 4.39 Å². The van der Waals surface area contributed by atoms with Gasteiger partial charge in [-0.05, 0) is 34.1 Å². The van der Waals surface area contributed by atoms with Gasteiger partial charge in [0.1, 0.15) is 5.82 Å². The summed E-state index contributed by atoms with van der Waals surface area (Å²) in [5.74, 6) is -0.252. The summed E-state index contributed by atoms with van der Waals surface area (Å²) in [6.45, 7) is 0. The molecule has 0 N–H and O–H groups in total. The minimum Gasteiger partial charge on any atom is -0.294 e. The van der Waals surface area contributed by atoms with Crippen molar-refractivity contribution < 1.29 is 4.39 Å². The third-order valence-electron chi connectivity index (χ3n) is 1.68. The molecule has 2 nitrogen and oxygen atoms in total. The van der Waals surface area contributed by atoms with E-state index in [0.717, 1.165) is 5.69 Å². The van der Waals surface area contributed by atoms with Crippen LogP contribution in [-0.2, 0) is 0 Å². The van der Waals surface area contributed by atoms with Crippen molar-refractivity contribution >= 4 is 15.9 Å². The van der Waals surface area contributed by atoms with Crippen molar-refractivity contribution in [2.75, 3.05) is 0 Å². The minimum atomic E-state index is -0.252. The molecule has 0 atom stereocenters. The lowest BCUT2D eigenvalue weighted by molar-refractivity contribution is 0.626. The lowest BCUT2D eigenvalue weighted by Gasteiger charge is -2.02. The summed E-state index contributed by atoms with van der Waals surface area (Å²) in [6.07, 6.45) is 3.41. The molecule has 0 aliphatic rings. The molecule has 2 aromatic rings. The van der Waals surface area contributed by atoms with Crippen LogP contribution in [0.5, 0.6) is 0 Å². The molecular formula is C9H6BrFN2. The average Bonchev–Trinajstić information content (AvgIpc) is 2.51. The zero-order valence-corrected chi connectivity index (χ0v) is 8.20. The van der Waals surface area contributed by atoms with Gasteiger partial charge in [0.25, 0.3) is 0 Å². The van der Waals surface area contributed by atoms with E-state index in [4.69, 9.17) is 0 Å². The Balaban J connectivity index is 2.53. The van der Waals surface area contributed by atoms with Gasteiger partial charge in [0, 0.05) is 12.4 Å². The molecule has 0 radical (unpaired) electrons. The molecule has 0 fully saturated rings. The molecule has 0 amide bonds. The van der Waals surface area contributed by atoms with E-state index in [2.05, 4.69) is 20.9 Å². The molecule has 13 heavy (non-hydrogen) atoms. The quantitative estimate of drug-likeness (QED) is 0.750. The van der Waals surface area contributed by atoms with E-state index in [1.165, 1.54) is 12.1 Å². The molecule has 2 rings (SSSR count). The van der Waals surface area contributed by atoms with Crippen LogP contribution in [-0.4, -0.2) is 9.55 Å². The van der Waals surface area contributed by atoms with Crippen LogP contribution in [0.4, 0.5) is 4.39 Å². The lowest BCUT2D eigenvalue weighted by atomic mass is 10.3. The van der Waals surface area contributed by atoms with Crippen molar-refractivity contribution in [2.45, 2.75) is 0 Å². The molecular weight excluding hydrogens is 235 g/mol. The number of hydrogen-bond donors (Lipinski definition) is 0. The van der Waals surface area contributed by atoms with E-state index in [0.29, 0.717) is 4.73 Å². The van der Waals surface area contributed by atoms with Crippen LogP contribution in [0.3, 0.4) is 0 Å². The number of nitrogens with zero attached hydrogens (tertiary/aromatic N) is 2. The van der Waals surface area contributed by atoms with Gasteiger partial charge in [0.15, 0.2) is 4.73 Å². The van der Waals surface area contributed by atoms with Crippen molar-refractivity contribution in [1.82, 2.24) is 9.55 Å². The van der Waals surface area contributed by atoms with E-state index >= 15 is 0 Å². The van der Waals surface area contributed by atoms with Gasteiger partial charge in [0.2, 0.25) is 0 Å². The second-order valence-corrected chi connectivity index (χ2v) is 3.26. The molecule has 0 saturated carbocycles. The molecule has 4 heteroatoms. The second-order valence-electron chi connectivity index (χ2n) is 2.55. The molecule has 0 aliphatic carbocycles. The van der Waals surface area contributed by atoms with Crippen LogP contribution >= 0.6 is 15.9 Å². The minimum absolute atomic E-state index is 0.252. The number of halogens is 2. The summed E-state index contributed by atoms with van der Waals surface area (Å²) >= 11 is 3.26. The van der Waals surface area contributed by atoms with Crippen molar-refractivity contribution in [2.24, 2.45) is 0 Å². The Morgan fingerprint density at radius 3 is 2.85 bits per heavy atom. The second kappa shape index (κ2) is 3.30. The van der Waals surface area contributed by atoms with Crippen LogP contribution in [0.1, 0.15) is 0 Å². The Morgan fingerprint density at radius 1 is 1.38 bits per heavy atom. The van der Waals surface area contributed by atoms with Gasteiger partial charge in [0.05, 0.1) is 5.69 Å². The normalized spacial score (nSPS) is 10.3. The summed E-state index contributed by atoms with van der Waals surface area (Å²) in [5.41, 5.74) is 0.754. The van der Waals surface area contributed by atoms with Crippen molar-refractivity contribution in [1.29, 1.82) is 0 Å². The first kappa shape index (κ1) is 8.44. The van der Waals surface area contributed by atoms with Gasteiger partial charge in [-0.3, -0.25) is 4.57 Å². The van der Waals surface area contributed by atoms with Crippen molar-refractivity contribution in [3.05, 3.63) is 47.2 Å². The molecule has 1 heterocycles. The smallest absolute Gasteiger partial charge is 0.181 e. The third-order valence-corrected chi connectivity index (χ3v) is 2.27. The molecule has 0 aliphatic heterocycles. The predicted molar refractivity (Wildman–Crippen MR) is 51.2 cm³/mol. The Bertz CT molecular complexity index is 425. The number of hydrogen-bond acceptors (Lipinski definition) is 1. The number of aromatic nitrogens is 2. The first-order valence-electron chi connectivity index (χ1n) is 3.72. The van der Waals surface area contributed by atoms with E-state index in [-0.39, 0.29) is 5.82 Å². The maximum Gasteiger partial charge on any atom is 0.181 e. The van der Waals surface area contributed by atoms with Gasteiger partial charge in [-0.25, -0.2) is 9.37 Å². The maximum atomic E-state index is 12.8. The van der Waals surface area contributed by atoms with Crippen LogP contribution in [0.15, 0.2) is 41.4 Å². The summed E-state index contributed by atoms with van der Waals surface area (Å²) in [6, 6.07) is 6.34. The predicted octanol–water partition coefficient (Wildman–Crippen LogP) is 2.77. The average molecular weight is 241 g/mol. The van der Waals surface area contributed by atoms with E-state index in [1.54, 1.807) is 23.0 Å². The monoisotopic (exact) mass is 240 g/mol. The summed E-state index contributed by atoms with van der Waals surface area (Å²) in [5, 5.41) is 0. The fourth-order valence-corrected chi connectivity index (χ4v) is 1.54. The lowest BCUT2D eigenvalue weighted by Crippen LogP contribution is -1.92. The Kier molecular flexibility index (Phi) is 2.14. The van der Waals surface area contributed by atoms with Gasteiger partial charge in [-0.2, -0.15) is 0 Å². The van der Waals surface area contributed by atoms with Crippen LogP contribution in [0, 0.1) is 5.82 Å². The van der Waals surface area contributed by atoms with E-state index < -0.39 is 0 Å². The number of imidazole rings is 1. The van der Waals surface area contributed by atoms with Crippen LogP contribution in [0.2, 0.25) is 0 Å². The molecule has 1 aromatic heterocycles. The highest BCUT2D eigenvalue weighted by atomic mass is 79.9. The highest BCUT2D eigenvalue weighted by Crippen LogP contribution is 2.15. The molecule has 0 spiro atoms. The fourth-order valence-electron chi connectivity index (χ4n) is 1.10. The first-order chi connectivity index (χ1) is 6.27. The Hall–Kier alpha value is -1.16. The number of rotatable bonds is 1. The van der Waals surface area contributed by atoms with Gasteiger partial charge in [-0.1, -0.05) is 6.07 Å². The Labute approximate surface area is 83.2 Å². The van der Waals surface area contributed by atoms with Gasteiger partial charge in [-0.15, -0.1) is 0 Å². The topological polar surface area (TPSA) is 17.8 Å². The van der Waals surface area contributed by atoms with Crippen molar-refractivity contribution in [3.63, 3.8) is 0 Å². The SMILES string of the molecule is Fc1cccc(-n2ccnc2Br)c1. The largest absolute Gasteiger partial charge is 0.294 e. The zero-order valence-electron chi connectivity index (χ0n) is 6.61. The fraction of sp³-hybridized carbons (Fsp3) is 0. The maximum absolute atomic E-state index is 12.8. The highest BCUT2D eigenvalue weighted by Gasteiger charge is 2.01. The van der Waals surface area contributed by atoms with Crippen molar-refractivity contribution in [3.8, 4) is 5.69 Å². The highest BCUT2D eigenvalue weighted by molar-refractivity contribution is 9.10. The van der Waals surface area contributed by atoms with Gasteiger partial charge < -0.3 is 0 Å². The molecule has 0 saturated heterocycles. The molecule has 0 bridgehead atoms. The first-order valence-corrected chi connectivity index (χ1v) is 4.51. The van der Waals surface area contributed by atoms with Gasteiger partial charge >= 0.3 is 0 Å². The number of benzene rings is 1. The molecule has 66 valence electrons. The van der Waals surface area contributed by atoms with E-state index in [1.807, 2.05) is 6.07 Å². The van der Waals surface area contributed by atoms with Crippen LogP contribution in [0.25, 0.3) is 5.69 Å². The summed E-state index contributed by atoms with van der Waals surface area (Å²) in [7, 11) is 0. The van der Waals surface area contributed by atoms with Crippen LogP contribution < -0.4 is 0 Å². The Morgan fingerprint density at radius 2 is 2.23 bits per heavy atom. The summed E-state index contributed by atoms with van der Waals surface area (Å²) in [4.78, 5) is 3.98. The standard InChI is InChI=1S/C9H6BrFN2/c10-9-12-4-5-13(9)8-3-1-2-7(11)6-8/h1-6H. The zero-order chi connectivity index (χ0) is 9.26.